The van der Waals surface area contributed by atoms with Crippen LogP contribution in [0.25, 0.3) is 0 Å². The van der Waals surface area contributed by atoms with E-state index in [2.05, 4.69) is 4.74 Å². The van der Waals surface area contributed by atoms with Gasteiger partial charge in [-0.05, 0) is 24.6 Å². The van der Waals surface area contributed by atoms with Gasteiger partial charge in [-0.15, -0.1) is 0 Å². The van der Waals surface area contributed by atoms with Crippen molar-refractivity contribution in [1.29, 1.82) is 0 Å². The minimum atomic E-state index is -2.81. The molecular formula is C10H10F2O2. The summed E-state index contributed by atoms with van der Waals surface area (Å²) in [6.45, 7) is -1.34. The Morgan fingerprint density at radius 2 is 1.93 bits per heavy atom. The fourth-order valence-electron chi connectivity index (χ4n) is 1.08. The molecule has 1 rings (SSSR count). The van der Waals surface area contributed by atoms with Crippen molar-refractivity contribution < 1.29 is 18.3 Å². The number of ether oxygens (including phenoxy) is 1. The van der Waals surface area contributed by atoms with Gasteiger partial charge in [0.25, 0.3) is 0 Å². The highest BCUT2D eigenvalue weighted by molar-refractivity contribution is 5.78. The first kappa shape index (κ1) is 10.6. The third kappa shape index (κ3) is 3.51. The van der Waals surface area contributed by atoms with Gasteiger partial charge in [0.05, 0.1) is 0 Å². The van der Waals surface area contributed by atoms with E-state index < -0.39 is 6.61 Å². The molecule has 0 aliphatic rings. The first-order valence-electron chi connectivity index (χ1n) is 4.11. The van der Waals surface area contributed by atoms with Crippen LogP contribution in [0.2, 0.25) is 0 Å². The average Bonchev–Trinajstić information content (AvgIpc) is 2.06. The van der Waals surface area contributed by atoms with Crippen LogP contribution in [0.4, 0.5) is 8.78 Å². The Bertz CT molecular complexity index is 306. The molecule has 0 unspecified atom stereocenters. The molecule has 0 aliphatic heterocycles. The summed E-state index contributed by atoms with van der Waals surface area (Å²) >= 11 is 0. The smallest absolute Gasteiger partial charge is 0.387 e. The van der Waals surface area contributed by atoms with Gasteiger partial charge in [0, 0.05) is 6.42 Å². The lowest BCUT2D eigenvalue weighted by Gasteiger charge is -2.04. The molecule has 0 heterocycles. The van der Waals surface area contributed by atoms with Gasteiger partial charge in [0.1, 0.15) is 11.5 Å². The molecule has 0 N–H and O–H groups in total. The molecule has 2 nitrogen and oxygen atoms in total. The Balaban J connectivity index is 2.63. The zero-order valence-electron chi connectivity index (χ0n) is 7.67. The lowest BCUT2D eigenvalue weighted by atomic mass is 10.1. The van der Waals surface area contributed by atoms with E-state index in [0.717, 1.165) is 5.56 Å². The van der Waals surface area contributed by atoms with E-state index in [-0.39, 0.29) is 11.5 Å². The normalized spacial score (nSPS) is 10.3. The largest absolute Gasteiger partial charge is 0.435 e. The third-order valence-corrected chi connectivity index (χ3v) is 1.60. The molecule has 0 radical (unpaired) electrons. The van der Waals surface area contributed by atoms with Crippen LogP contribution < -0.4 is 4.74 Å². The summed E-state index contributed by atoms with van der Waals surface area (Å²) in [4.78, 5) is 10.7. The molecule has 1 aromatic rings. The Morgan fingerprint density at radius 3 is 2.36 bits per heavy atom. The molecule has 0 atom stereocenters. The second-order valence-corrected chi connectivity index (χ2v) is 2.90. The van der Waals surface area contributed by atoms with Gasteiger partial charge >= 0.3 is 6.61 Å². The van der Waals surface area contributed by atoms with E-state index in [0.29, 0.717) is 6.42 Å². The van der Waals surface area contributed by atoms with Crippen LogP contribution in [0.1, 0.15) is 12.5 Å². The number of halogens is 2. The maximum atomic E-state index is 11.8. The molecule has 0 aliphatic carbocycles. The van der Waals surface area contributed by atoms with Crippen molar-refractivity contribution in [2.45, 2.75) is 20.0 Å². The second kappa shape index (κ2) is 4.69. The quantitative estimate of drug-likeness (QED) is 0.746. The maximum Gasteiger partial charge on any atom is 0.387 e. The van der Waals surface area contributed by atoms with Gasteiger partial charge < -0.3 is 4.74 Å². The topological polar surface area (TPSA) is 26.3 Å². The number of carbonyl (C=O) groups excluding carboxylic acids is 1. The van der Waals surface area contributed by atoms with Crippen molar-refractivity contribution in [3.8, 4) is 5.75 Å². The Kier molecular flexibility index (Phi) is 3.56. The monoisotopic (exact) mass is 200 g/mol. The standard InChI is InChI=1S/C10H10F2O2/c1-7(13)6-8-2-4-9(5-3-8)14-10(11)12/h2-5,10H,6H2,1H3. The molecule has 0 bridgehead atoms. The number of hydrogen-bond acceptors (Lipinski definition) is 2. The van der Waals surface area contributed by atoms with Crippen molar-refractivity contribution in [2.75, 3.05) is 0 Å². The van der Waals surface area contributed by atoms with Crippen LogP contribution in [0.3, 0.4) is 0 Å². The van der Waals surface area contributed by atoms with Gasteiger partial charge in [0.2, 0.25) is 0 Å². The number of hydrogen-bond donors (Lipinski definition) is 0. The van der Waals surface area contributed by atoms with Crippen LogP contribution in [0.5, 0.6) is 5.75 Å². The first-order chi connectivity index (χ1) is 6.58. The molecule has 1 aromatic carbocycles. The highest BCUT2D eigenvalue weighted by Crippen LogP contribution is 2.15. The van der Waals surface area contributed by atoms with E-state index in [1.54, 1.807) is 12.1 Å². The van der Waals surface area contributed by atoms with E-state index in [1.807, 2.05) is 0 Å². The van der Waals surface area contributed by atoms with Crippen molar-refractivity contribution in [2.24, 2.45) is 0 Å². The fourth-order valence-corrected chi connectivity index (χ4v) is 1.08. The van der Waals surface area contributed by atoms with Crippen molar-refractivity contribution >= 4 is 5.78 Å². The Labute approximate surface area is 80.5 Å². The molecular weight excluding hydrogens is 190 g/mol. The van der Waals surface area contributed by atoms with E-state index in [1.165, 1.54) is 19.1 Å². The van der Waals surface area contributed by atoms with Gasteiger partial charge in [0.15, 0.2) is 0 Å². The number of alkyl halides is 2. The number of ketones is 1. The summed E-state index contributed by atoms with van der Waals surface area (Å²) in [5.41, 5.74) is 0.791. The lowest BCUT2D eigenvalue weighted by molar-refractivity contribution is -0.116. The summed E-state index contributed by atoms with van der Waals surface area (Å²) < 4.78 is 27.7. The Hall–Kier alpha value is -1.45. The predicted molar refractivity (Wildman–Crippen MR) is 47.5 cm³/mol. The van der Waals surface area contributed by atoms with Crippen LogP contribution in [-0.4, -0.2) is 12.4 Å². The number of rotatable bonds is 4. The zero-order valence-corrected chi connectivity index (χ0v) is 7.67. The molecule has 0 saturated carbocycles. The summed E-state index contributed by atoms with van der Waals surface area (Å²) in [5, 5.41) is 0. The SMILES string of the molecule is CC(=O)Cc1ccc(OC(F)F)cc1. The molecule has 0 fully saturated rings. The fraction of sp³-hybridized carbons (Fsp3) is 0.300. The van der Waals surface area contributed by atoms with Crippen molar-refractivity contribution in [3.05, 3.63) is 29.8 Å². The van der Waals surface area contributed by atoms with Crippen LogP contribution in [-0.2, 0) is 11.2 Å². The van der Waals surface area contributed by atoms with Gasteiger partial charge in [-0.2, -0.15) is 8.78 Å². The molecule has 0 aromatic heterocycles. The molecule has 4 heteroatoms. The summed E-state index contributed by atoms with van der Waals surface area (Å²) in [5.74, 6) is 0.139. The van der Waals surface area contributed by atoms with E-state index in [9.17, 15) is 13.6 Å². The number of carbonyl (C=O) groups is 1. The number of Topliss-reactive ketones (excluding diaryl/α,β-unsaturated/α-hetero) is 1. The van der Waals surface area contributed by atoms with Crippen LogP contribution in [0.15, 0.2) is 24.3 Å². The van der Waals surface area contributed by atoms with Gasteiger partial charge in [-0.3, -0.25) is 4.79 Å². The zero-order chi connectivity index (χ0) is 10.6. The summed E-state index contributed by atoms with van der Waals surface area (Å²) in [6.07, 6.45) is 0.314. The van der Waals surface area contributed by atoms with Crippen molar-refractivity contribution in [3.63, 3.8) is 0 Å². The predicted octanol–water partition coefficient (Wildman–Crippen LogP) is 2.42. The van der Waals surface area contributed by atoms with Gasteiger partial charge in [-0.1, -0.05) is 12.1 Å². The summed E-state index contributed by atoms with van der Waals surface area (Å²) in [6, 6.07) is 6.03. The molecule has 0 saturated heterocycles. The Morgan fingerprint density at radius 1 is 1.36 bits per heavy atom. The van der Waals surface area contributed by atoms with Crippen LogP contribution >= 0.6 is 0 Å². The lowest BCUT2D eigenvalue weighted by Crippen LogP contribution is -2.02. The van der Waals surface area contributed by atoms with E-state index in [4.69, 9.17) is 0 Å². The third-order valence-electron chi connectivity index (χ3n) is 1.60. The molecule has 14 heavy (non-hydrogen) atoms. The maximum absolute atomic E-state index is 11.8. The first-order valence-corrected chi connectivity index (χ1v) is 4.11. The average molecular weight is 200 g/mol. The molecule has 0 amide bonds. The highest BCUT2D eigenvalue weighted by Gasteiger charge is 2.04. The van der Waals surface area contributed by atoms with Crippen molar-refractivity contribution in [1.82, 2.24) is 0 Å². The second-order valence-electron chi connectivity index (χ2n) is 2.90. The van der Waals surface area contributed by atoms with Gasteiger partial charge in [-0.25, -0.2) is 0 Å². The highest BCUT2D eigenvalue weighted by atomic mass is 19.3. The minimum absolute atomic E-state index is 0.0347. The van der Waals surface area contributed by atoms with Crippen LogP contribution in [0, 0.1) is 0 Å². The van der Waals surface area contributed by atoms with E-state index >= 15 is 0 Å². The molecule has 76 valence electrons. The number of benzene rings is 1. The molecule has 0 spiro atoms. The minimum Gasteiger partial charge on any atom is -0.435 e. The summed E-state index contributed by atoms with van der Waals surface area (Å²) in [7, 11) is 0.